The van der Waals surface area contributed by atoms with Crippen molar-refractivity contribution < 1.29 is 193 Å². The van der Waals surface area contributed by atoms with Gasteiger partial charge in [0.05, 0.1) is 58.4 Å². The minimum atomic E-state index is -3.24. The van der Waals surface area contributed by atoms with Gasteiger partial charge in [0.15, 0.2) is 37.7 Å². The van der Waals surface area contributed by atoms with Crippen LogP contribution in [-0.4, -0.2) is 403 Å². The van der Waals surface area contributed by atoms with E-state index in [1.54, 1.807) is 0 Å². The van der Waals surface area contributed by atoms with Crippen molar-refractivity contribution in [2.24, 2.45) is 0 Å². The summed E-state index contributed by atoms with van der Waals surface area (Å²) in [6, 6.07) is -5.56. The Morgan fingerprint density at radius 1 is 0.484 bits per heavy atom. The molecule has 3 amide bonds. The van der Waals surface area contributed by atoms with Crippen LogP contribution in [0.5, 0.6) is 0 Å². The molecule has 6 heterocycles. The van der Waals surface area contributed by atoms with E-state index in [1.807, 2.05) is 0 Å². The molecule has 0 aliphatic carbocycles. The monoisotopic (exact) mass is 1360 g/mol. The molecule has 0 aromatic heterocycles. The van der Waals surface area contributed by atoms with Crippen molar-refractivity contribution in [1.82, 2.24) is 16.0 Å². The molecule has 6 rings (SSSR count). The highest BCUT2D eigenvalue weighted by Crippen LogP contribution is 2.40. The highest BCUT2D eigenvalue weighted by atomic mass is 16.8. The highest BCUT2D eigenvalue weighted by Gasteiger charge is 2.62. The van der Waals surface area contributed by atoms with E-state index >= 15 is 0 Å². The molecule has 0 unspecified atom stereocenters. The molecular formula is C51H85N3O39. The maximum atomic E-state index is 13.1. The average molecular weight is 1360 g/mol. The van der Waals surface area contributed by atoms with Crippen LogP contribution < -0.4 is 16.0 Å². The zero-order valence-electron chi connectivity index (χ0n) is 49.6. The Kier molecular flexibility index (Phi) is 28.7. The lowest BCUT2D eigenvalue weighted by atomic mass is 9.88. The van der Waals surface area contributed by atoms with Crippen molar-refractivity contribution in [3.8, 4) is 0 Å². The third-order valence-corrected chi connectivity index (χ3v) is 16.3. The maximum Gasteiger partial charge on any atom is 0.364 e. The van der Waals surface area contributed by atoms with Crippen LogP contribution in [0.2, 0.25) is 0 Å². The van der Waals surface area contributed by atoms with E-state index < -0.39 is 290 Å². The van der Waals surface area contributed by atoms with Crippen LogP contribution in [0.1, 0.15) is 27.2 Å². The Labute approximate surface area is 525 Å². The Morgan fingerprint density at radius 2 is 0.849 bits per heavy atom. The summed E-state index contributed by atoms with van der Waals surface area (Å²) in [6.45, 7) is -5.21. The van der Waals surface area contributed by atoms with Crippen LogP contribution in [0.15, 0.2) is 0 Å². The van der Waals surface area contributed by atoms with E-state index in [0.29, 0.717) is 0 Å². The Bertz CT molecular complexity index is 2400. The number of carbonyl (C=O) groups excluding carboxylic acids is 4. The number of nitrogens with one attached hydrogen (secondary N) is 3. The minimum Gasteiger partial charge on any atom is -0.477 e. The van der Waals surface area contributed by atoms with Gasteiger partial charge in [-0.2, -0.15) is 0 Å². The van der Waals surface area contributed by atoms with Crippen molar-refractivity contribution in [1.29, 1.82) is 0 Å². The summed E-state index contributed by atoms with van der Waals surface area (Å²) in [4.78, 5) is 61.9. The van der Waals surface area contributed by atoms with Crippen LogP contribution in [0.3, 0.4) is 0 Å². The standard InChI is InChI=1S/C51H85N3O39/c1-13(63)52-25-16(66)4-51(50(80)81,92-41(25)29(71)18(68)6-56)93-44-32(74)22(10-60)84-49(37(44)79)89-40-24(12-62)86-46(27(34(40)76)54-15(3)65)91-43-31(73)21(9-59)83-48(36(43)78)88-39-23(11-61)85-45(26(33(39)75)53-14(2)64)90-42-30(72)20(8-58)82-47(35(42)77)87-38(19(69)7-57)28(70)17(67)5-55/h5,16-49,56-62,66-79H,4,6-12H2,1-3H3,(H,52,63)(H,53,64)(H,54,65)(H,80,81)/t16-,17-,18+,19+,20+,21+,22+,23+,24+,25+,26+,27+,28+,29+,30-,31-,32-,33+,34+,35+,36+,37+,38+,39+,40+,41+,42-,43-,44-,45-,46-,47-,48-,49-,51-/m0/s1. The summed E-state index contributed by atoms with van der Waals surface area (Å²) in [5.74, 6) is -8.09. The van der Waals surface area contributed by atoms with Gasteiger partial charge in [-0.15, -0.1) is 0 Å². The molecule has 0 spiro atoms. The number of rotatable bonds is 29. The number of ether oxygens (including phenoxy) is 12. The molecule has 0 bridgehead atoms. The lowest BCUT2D eigenvalue weighted by Gasteiger charge is -2.51. The van der Waals surface area contributed by atoms with Gasteiger partial charge >= 0.3 is 5.97 Å². The van der Waals surface area contributed by atoms with Gasteiger partial charge in [-0.05, 0) is 0 Å². The molecular weight excluding hydrogens is 1280 g/mol. The van der Waals surface area contributed by atoms with E-state index in [-0.39, 0.29) is 6.29 Å². The first-order chi connectivity index (χ1) is 43.8. The van der Waals surface area contributed by atoms with E-state index in [0.717, 1.165) is 20.8 Å². The number of aliphatic hydroxyl groups is 21. The molecule has 25 N–H and O–H groups in total. The summed E-state index contributed by atoms with van der Waals surface area (Å²) in [6.07, 6.45) is -67.4. The number of aliphatic hydroxyl groups excluding tert-OH is 21. The van der Waals surface area contributed by atoms with E-state index in [2.05, 4.69) is 16.0 Å². The molecule has 42 heteroatoms. The number of carboxylic acid groups (broad SMARTS) is 1. The first-order valence-corrected chi connectivity index (χ1v) is 29.0. The molecule has 42 nitrogen and oxygen atoms in total. The van der Waals surface area contributed by atoms with Gasteiger partial charge in [0, 0.05) is 27.2 Å². The van der Waals surface area contributed by atoms with Crippen molar-refractivity contribution in [2.75, 3.05) is 46.2 Å². The van der Waals surface area contributed by atoms with E-state index in [4.69, 9.17) is 56.8 Å². The number of amides is 3. The number of aliphatic carboxylic acids is 1. The fraction of sp³-hybridized carbons (Fsp3) is 0.902. The molecule has 0 aromatic rings. The third-order valence-electron chi connectivity index (χ3n) is 16.3. The van der Waals surface area contributed by atoms with E-state index in [1.165, 1.54) is 0 Å². The van der Waals surface area contributed by atoms with Crippen molar-refractivity contribution in [2.45, 2.75) is 241 Å². The molecule has 6 aliphatic rings. The van der Waals surface area contributed by atoms with Crippen LogP contribution in [-0.2, 0) is 80.8 Å². The Hall–Kier alpha value is -3.77. The number of aldehydes is 1. The zero-order valence-corrected chi connectivity index (χ0v) is 49.6. The van der Waals surface area contributed by atoms with Gasteiger partial charge in [0.2, 0.25) is 17.7 Å². The van der Waals surface area contributed by atoms with Gasteiger partial charge in [0.25, 0.3) is 5.79 Å². The van der Waals surface area contributed by atoms with Crippen LogP contribution in [0.25, 0.3) is 0 Å². The number of hydrogen-bond acceptors (Lipinski definition) is 38. The quantitative estimate of drug-likeness (QED) is 0.0309. The normalized spacial score (nSPS) is 43.6. The van der Waals surface area contributed by atoms with Gasteiger partial charge in [0.1, 0.15) is 165 Å². The van der Waals surface area contributed by atoms with Crippen molar-refractivity contribution >= 4 is 30.0 Å². The summed E-state index contributed by atoms with van der Waals surface area (Å²) < 4.78 is 68.9. The SMILES string of the molecule is CC(=O)N[C@H]1[C@H](O[C@H]2[C@@H](O)[C@@H](CO)O[C@@H](O[C@@H]([C@H](O)[C@@H](O)C=O)[C@H](O)CO)[C@@H]2O)O[C@H](CO)[C@@H](O[C@@H]2O[C@H](CO)[C@H](O)[C@H](O[C@@H]3O[C@H](CO)[C@@H](O[C@@H]4O[C@H](CO)[C@H](O)[C@H](O[C@]5(C(=O)O)C[C@H](O)[C@@H](NC(C)=O)[C@H]([C@H](O)[C@H](O)CO)O5)[C@H]4O)[C@H](O)[C@H]3NC(C)=O)[C@H]2O)[C@@H]1O. The maximum absolute atomic E-state index is 13.1. The zero-order chi connectivity index (χ0) is 69.4. The predicted octanol–water partition coefficient (Wildman–Crippen LogP) is -16.8. The van der Waals surface area contributed by atoms with Crippen LogP contribution >= 0.6 is 0 Å². The molecule has 0 saturated carbocycles. The summed E-state index contributed by atoms with van der Waals surface area (Å²) in [5, 5.41) is 245. The molecule has 6 fully saturated rings. The Morgan fingerprint density at radius 3 is 1.24 bits per heavy atom. The molecule has 0 aromatic carbocycles. The summed E-state index contributed by atoms with van der Waals surface area (Å²) in [7, 11) is 0. The van der Waals surface area contributed by atoms with Gasteiger partial charge in [-0.3, -0.25) is 14.4 Å². The lowest BCUT2D eigenvalue weighted by molar-refractivity contribution is -0.391. The van der Waals surface area contributed by atoms with Gasteiger partial charge < -0.3 is 190 Å². The van der Waals surface area contributed by atoms with E-state index in [9.17, 15) is 136 Å². The first kappa shape index (κ1) is 78.2. The second kappa shape index (κ2) is 34.1. The first-order valence-electron chi connectivity index (χ1n) is 29.0. The largest absolute Gasteiger partial charge is 0.477 e. The molecule has 6 aliphatic heterocycles. The lowest BCUT2D eigenvalue weighted by Crippen LogP contribution is -2.71. The molecule has 0 radical (unpaired) electrons. The smallest absolute Gasteiger partial charge is 0.364 e. The van der Waals surface area contributed by atoms with Crippen LogP contribution in [0, 0.1) is 0 Å². The number of carboxylic acids is 1. The minimum absolute atomic E-state index is 0.158. The fourth-order valence-corrected chi connectivity index (χ4v) is 11.5. The summed E-state index contributed by atoms with van der Waals surface area (Å²) >= 11 is 0. The van der Waals surface area contributed by atoms with Crippen molar-refractivity contribution in [3.63, 3.8) is 0 Å². The summed E-state index contributed by atoms with van der Waals surface area (Å²) in [5.41, 5.74) is 0. The van der Waals surface area contributed by atoms with Crippen LogP contribution in [0.4, 0.5) is 0 Å². The topological polar surface area (TPSA) is 677 Å². The predicted molar refractivity (Wildman–Crippen MR) is 285 cm³/mol. The van der Waals surface area contributed by atoms with Gasteiger partial charge in [-0.25, -0.2) is 4.79 Å². The van der Waals surface area contributed by atoms with Gasteiger partial charge in [-0.1, -0.05) is 0 Å². The average Bonchev–Trinajstić information content (AvgIpc) is 0.770. The number of carbonyl (C=O) groups is 5. The molecule has 93 heavy (non-hydrogen) atoms. The molecule has 6 saturated heterocycles. The third kappa shape index (κ3) is 17.6. The molecule has 35 atom stereocenters. The second-order valence-corrected chi connectivity index (χ2v) is 22.8. The molecule has 538 valence electrons. The second-order valence-electron chi connectivity index (χ2n) is 22.8. The van der Waals surface area contributed by atoms with Crippen molar-refractivity contribution in [3.05, 3.63) is 0 Å². The fourth-order valence-electron chi connectivity index (χ4n) is 11.5. The highest BCUT2D eigenvalue weighted by molar-refractivity contribution is 5.77. The Balaban J connectivity index is 1.23. The number of hydrogen-bond donors (Lipinski definition) is 25.